The van der Waals surface area contributed by atoms with Gasteiger partial charge in [0.1, 0.15) is 13.2 Å². The van der Waals surface area contributed by atoms with Crippen LogP contribution in [0.4, 0.5) is 0 Å². The van der Waals surface area contributed by atoms with Crippen LogP contribution < -0.4 is 0 Å². The number of carbonyl (C=O) groups excluding carboxylic acids is 2. The molecule has 2 atom stereocenters. The number of likely N-dealkylation sites (N-methyl/N-ethyl adjacent to an activating group) is 1. The molecular formula is C49H96NO8+. The van der Waals surface area contributed by atoms with E-state index in [0.29, 0.717) is 17.4 Å². The van der Waals surface area contributed by atoms with Crippen LogP contribution in [0.3, 0.4) is 0 Å². The molecule has 58 heavy (non-hydrogen) atoms. The summed E-state index contributed by atoms with van der Waals surface area (Å²) in [4.78, 5) is 36.9. The Kier molecular flexibility index (Phi) is 40.8. The number of carboxylic acid groups (broad SMARTS) is 1. The molecule has 0 aromatic carbocycles. The highest BCUT2D eigenvalue weighted by molar-refractivity contribution is 5.71. The van der Waals surface area contributed by atoms with Crippen molar-refractivity contribution in [3.8, 4) is 0 Å². The molecule has 0 amide bonds. The number of esters is 2. The first-order chi connectivity index (χ1) is 28.1. The average Bonchev–Trinajstić information content (AvgIpc) is 3.18. The van der Waals surface area contributed by atoms with Crippen molar-refractivity contribution in [2.24, 2.45) is 0 Å². The van der Waals surface area contributed by atoms with Crippen LogP contribution in [0, 0.1) is 0 Å². The molecule has 0 rings (SSSR count). The fourth-order valence-electron chi connectivity index (χ4n) is 7.25. The zero-order valence-electron chi connectivity index (χ0n) is 39.0. The zero-order chi connectivity index (χ0) is 42.8. The molecule has 9 nitrogen and oxygen atoms in total. The van der Waals surface area contributed by atoms with Crippen LogP contribution in [-0.2, 0) is 33.3 Å². The van der Waals surface area contributed by atoms with Gasteiger partial charge in [-0.3, -0.25) is 9.59 Å². The molecule has 0 heterocycles. The number of hydrogen-bond donors (Lipinski definition) is 1. The summed E-state index contributed by atoms with van der Waals surface area (Å²) in [5.74, 6) is -2.00. The number of unbranched alkanes of at least 4 members (excludes halogenated alkanes) is 31. The van der Waals surface area contributed by atoms with Crippen LogP contribution in [0.5, 0.6) is 0 Å². The second-order valence-electron chi connectivity index (χ2n) is 18.1. The normalized spacial score (nSPS) is 12.8. The second kappa shape index (κ2) is 42.0. The molecule has 1 N–H and O–H groups in total. The SMILES string of the molecule is CCCCCCCCCCCCCCCCCCCCCCCCCCCCCC(=O)OC(COC(=O)CCCCCCCC)COC(OCC[N+](C)(C)C)C(=O)O. The Hall–Kier alpha value is -1.71. The fourth-order valence-corrected chi connectivity index (χ4v) is 7.25. The summed E-state index contributed by atoms with van der Waals surface area (Å²) in [5.41, 5.74) is 0. The lowest BCUT2D eigenvalue weighted by molar-refractivity contribution is -0.870. The van der Waals surface area contributed by atoms with Crippen molar-refractivity contribution in [1.82, 2.24) is 0 Å². The minimum Gasteiger partial charge on any atom is -0.477 e. The minimum absolute atomic E-state index is 0.175. The number of ether oxygens (including phenoxy) is 4. The van der Waals surface area contributed by atoms with Crippen molar-refractivity contribution < 1.29 is 42.9 Å². The number of quaternary nitrogens is 1. The molecular weight excluding hydrogens is 731 g/mol. The molecule has 0 aliphatic carbocycles. The van der Waals surface area contributed by atoms with Gasteiger partial charge in [-0.15, -0.1) is 0 Å². The van der Waals surface area contributed by atoms with Crippen LogP contribution in [0.1, 0.15) is 239 Å². The lowest BCUT2D eigenvalue weighted by Crippen LogP contribution is -2.40. The molecule has 0 saturated heterocycles. The summed E-state index contributed by atoms with van der Waals surface area (Å²) in [6, 6.07) is 0. The predicted octanol–water partition coefficient (Wildman–Crippen LogP) is 13.3. The van der Waals surface area contributed by atoms with Crippen LogP contribution in [0.15, 0.2) is 0 Å². The molecule has 0 radical (unpaired) electrons. The van der Waals surface area contributed by atoms with Gasteiger partial charge in [0.2, 0.25) is 0 Å². The highest BCUT2D eigenvalue weighted by Gasteiger charge is 2.25. The van der Waals surface area contributed by atoms with E-state index in [1.165, 1.54) is 173 Å². The van der Waals surface area contributed by atoms with Gasteiger partial charge in [-0.25, -0.2) is 4.79 Å². The molecule has 0 aliphatic rings. The molecule has 0 fully saturated rings. The van der Waals surface area contributed by atoms with E-state index in [4.69, 9.17) is 18.9 Å². The van der Waals surface area contributed by atoms with Gasteiger partial charge < -0.3 is 28.5 Å². The van der Waals surface area contributed by atoms with E-state index in [1.54, 1.807) is 0 Å². The number of rotatable bonds is 46. The van der Waals surface area contributed by atoms with Crippen molar-refractivity contribution in [3.63, 3.8) is 0 Å². The third kappa shape index (κ3) is 42.4. The Morgan fingerprint density at radius 3 is 1.10 bits per heavy atom. The highest BCUT2D eigenvalue weighted by Crippen LogP contribution is 2.17. The lowest BCUT2D eigenvalue weighted by atomic mass is 10.0. The molecule has 0 aliphatic heterocycles. The van der Waals surface area contributed by atoms with Gasteiger partial charge in [-0.05, 0) is 12.8 Å². The van der Waals surface area contributed by atoms with Crippen molar-refractivity contribution in [2.75, 3.05) is 47.5 Å². The average molecular weight is 827 g/mol. The molecule has 0 bridgehead atoms. The van der Waals surface area contributed by atoms with Gasteiger partial charge in [-0.1, -0.05) is 213 Å². The van der Waals surface area contributed by atoms with Gasteiger partial charge in [-0.2, -0.15) is 0 Å². The van der Waals surface area contributed by atoms with Crippen molar-refractivity contribution in [2.45, 2.75) is 251 Å². The molecule has 0 spiro atoms. The minimum atomic E-state index is -1.50. The van der Waals surface area contributed by atoms with Crippen molar-refractivity contribution in [3.05, 3.63) is 0 Å². The molecule has 2 unspecified atom stereocenters. The third-order valence-electron chi connectivity index (χ3n) is 11.1. The summed E-state index contributed by atoms with van der Waals surface area (Å²) in [6.07, 6.45) is 40.8. The standard InChI is InChI=1S/C49H95NO8/c1-6-8-10-12-14-15-16-17-18-19-20-21-22-23-24-25-26-27-28-29-30-31-32-33-34-36-38-40-47(52)58-45(43-56-46(51)39-37-35-13-11-9-7-2)44-57-49(48(53)54)55-42-41-50(3,4)5/h45,49H,6-44H2,1-5H3/p+1. The third-order valence-corrected chi connectivity index (χ3v) is 11.1. The van der Waals surface area contributed by atoms with Gasteiger partial charge in [0.05, 0.1) is 34.4 Å². The largest absolute Gasteiger partial charge is 0.477 e. The number of aliphatic carboxylic acids is 1. The van der Waals surface area contributed by atoms with Crippen LogP contribution >= 0.6 is 0 Å². The van der Waals surface area contributed by atoms with E-state index < -0.39 is 24.3 Å². The van der Waals surface area contributed by atoms with Gasteiger partial charge in [0.15, 0.2) is 6.10 Å². The number of carbonyl (C=O) groups is 3. The first-order valence-electron chi connectivity index (χ1n) is 24.7. The summed E-state index contributed by atoms with van der Waals surface area (Å²) < 4.78 is 22.6. The number of carboxylic acids is 1. The second-order valence-corrected chi connectivity index (χ2v) is 18.1. The number of hydrogen-bond acceptors (Lipinski definition) is 7. The topological polar surface area (TPSA) is 108 Å². The fraction of sp³-hybridized carbons (Fsp3) is 0.939. The maximum Gasteiger partial charge on any atom is 0.361 e. The number of nitrogens with zero attached hydrogens (tertiary/aromatic N) is 1. The zero-order valence-corrected chi connectivity index (χ0v) is 39.0. The Labute approximate surface area is 358 Å². The summed E-state index contributed by atoms with van der Waals surface area (Å²) in [5, 5.41) is 9.60. The Balaban J connectivity index is 4.01. The van der Waals surface area contributed by atoms with E-state index in [2.05, 4.69) is 13.8 Å². The van der Waals surface area contributed by atoms with Crippen LogP contribution in [0.2, 0.25) is 0 Å². The van der Waals surface area contributed by atoms with E-state index in [-0.39, 0.29) is 32.2 Å². The lowest BCUT2D eigenvalue weighted by Gasteiger charge is -2.25. The first kappa shape index (κ1) is 56.3. The molecule has 9 heteroatoms. The Bertz CT molecular complexity index is 923. The summed E-state index contributed by atoms with van der Waals surface area (Å²) in [6.45, 7) is 4.84. The summed E-state index contributed by atoms with van der Waals surface area (Å²) >= 11 is 0. The summed E-state index contributed by atoms with van der Waals surface area (Å²) in [7, 11) is 5.96. The molecule has 344 valence electrons. The smallest absolute Gasteiger partial charge is 0.361 e. The van der Waals surface area contributed by atoms with E-state index in [1.807, 2.05) is 21.1 Å². The molecule has 0 aromatic heterocycles. The predicted molar refractivity (Wildman–Crippen MR) is 240 cm³/mol. The van der Waals surface area contributed by atoms with Crippen molar-refractivity contribution in [1.29, 1.82) is 0 Å². The van der Waals surface area contributed by atoms with Crippen molar-refractivity contribution >= 4 is 17.9 Å². The highest BCUT2D eigenvalue weighted by atomic mass is 16.7. The van der Waals surface area contributed by atoms with Crippen LogP contribution in [-0.4, -0.2) is 87.4 Å². The maximum atomic E-state index is 12.7. The van der Waals surface area contributed by atoms with Gasteiger partial charge in [0.25, 0.3) is 6.29 Å². The van der Waals surface area contributed by atoms with E-state index >= 15 is 0 Å². The first-order valence-corrected chi connectivity index (χ1v) is 24.7. The van der Waals surface area contributed by atoms with Crippen LogP contribution in [0.25, 0.3) is 0 Å². The van der Waals surface area contributed by atoms with E-state index in [9.17, 15) is 19.5 Å². The monoisotopic (exact) mass is 827 g/mol. The Morgan fingerprint density at radius 1 is 0.448 bits per heavy atom. The van der Waals surface area contributed by atoms with Gasteiger partial charge >= 0.3 is 17.9 Å². The molecule has 0 aromatic rings. The Morgan fingerprint density at radius 2 is 0.776 bits per heavy atom. The maximum absolute atomic E-state index is 12.7. The van der Waals surface area contributed by atoms with E-state index in [0.717, 1.165) is 38.5 Å². The quantitative estimate of drug-likeness (QED) is 0.0280. The molecule has 0 saturated carbocycles. The van der Waals surface area contributed by atoms with Gasteiger partial charge in [0, 0.05) is 12.8 Å².